The van der Waals surface area contributed by atoms with Crippen molar-refractivity contribution in [1.82, 2.24) is 5.32 Å². The predicted octanol–water partition coefficient (Wildman–Crippen LogP) is 1.87. The Labute approximate surface area is 144 Å². The van der Waals surface area contributed by atoms with E-state index in [4.69, 9.17) is 32.6 Å². The second-order valence-corrected chi connectivity index (χ2v) is 5.91. The number of carbonyl (C=O) groups excluding carboxylic acids is 1. The van der Waals surface area contributed by atoms with Crippen LogP contribution in [0.15, 0.2) is 6.07 Å². The van der Waals surface area contributed by atoms with E-state index in [0.29, 0.717) is 18.4 Å². The number of hydrogen-bond donors (Lipinski definition) is 3. The molecule has 2 rings (SSSR count). The second-order valence-electron chi connectivity index (χ2n) is 5.12. The fourth-order valence-corrected chi connectivity index (χ4v) is 2.87. The first-order chi connectivity index (χ1) is 10.9. The standard InChI is InChI=1S/C14H18BCl2NO5/c1-3-10(19)18-9-6-7-5-8(16)12(17)11(14(20)22-4-2)13(7)23-15(9)21/h5,9,14,20-21H,3-4,6H2,1-2H3,(H,18,19)/t9-,14?/m0/s1. The quantitative estimate of drug-likeness (QED) is 0.550. The molecule has 3 N–H and O–H groups in total. The summed E-state index contributed by atoms with van der Waals surface area (Å²) in [5, 5.41) is 23.3. The summed E-state index contributed by atoms with van der Waals surface area (Å²) in [5.74, 6) is -0.574. The third-order valence-corrected chi connectivity index (χ3v) is 4.35. The zero-order valence-electron chi connectivity index (χ0n) is 12.8. The van der Waals surface area contributed by atoms with Gasteiger partial charge in [-0.15, -0.1) is 0 Å². The molecule has 1 aliphatic heterocycles. The summed E-state index contributed by atoms with van der Waals surface area (Å²) < 4.78 is 10.6. The summed E-state index contributed by atoms with van der Waals surface area (Å²) in [6.07, 6.45) is -0.731. The van der Waals surface area contributed by atoms with Gasteiger partial charge < -0.3 is 24.8 Å². The Morgan fingerprint density at radius 1 is 1.57 bits per heavy atom. The van der Waals surface area contributed by atoms with Gasteiger partial charge in [-0.2, -0.15) is 0 Å². The number of carbonyl (C=O) groups is 1. The lowest BCUT2D eigenvalue weighted by Gasteiger charge is -2.31. The first-order valence-corrected chi connectivity index (χ1v) is 8.09. The fraction of sp³-hybridized carbons (Fsp3) is 0.500. The van der Waals surface area contributed by atoms with Crippen molar-refractivity contribution in [2.75, 3.05) is 6.61 Å². The lowest BCUT2D eigenvalue weighted by Crippen LogP contribution is -2.53. The molecule has 1 unspecified atom stereocenters. The topological polar surface area (TPSA) is 88.0 Å². The van der Waals surface area contributed by atoms with E-state index in [2.05, 4.69) is 5.32 Å². The number of ether oxygens (including phenoxy) is 1. The van der Waals surface area contributed by atoms with Crippen LogP contribution in [0.1, 0.15) is 37.7 Å². The van der Waals surface area contributed by atoms with Gasteiger partial charge in [-0.25, -0.2) is 0 Å². The molecule has 0 bridgehead atoms. The summed E-state index contributed by atoms with van der Waals surface area (Å²) in [5.41, 5.74) is 0.801. The van der Waals surface area contributed by atoms with Gasteiger partial charge in [-0.1, -0.05) is 30.1 Å². The van der Waals surface area contributed by atoms with E-state index in [-0.39, 0.29) is 33.9 Å². The van der Waals surface area contributed by atoms with Crippen molar-refractivity contribution in [1.29, 1.82) is 0 Å². The van der Waals surface area contributed by atoms with Crippen molar-refractivity contribution >= 4 is 36.2 Å². The largest absolute Gasteiger partial charge is 0.547 e. The number of amides is 1. The lowest BCUT2D eigenvalue weighted by molar-refractivity contribution is -0.121. The second kappa shape index (κ2) is 7.72. The Morgan fingerprint density at radius 3 is 2.87 bits per heavy atom. The van der Waals surface area contributed by atoms with Gasteiger partial charge in [0, 0.05) is 13.0 Å². The van der Waals surface area contributed by atoms with Crippen LogP contribution in [0.5, 0.6) is 5.75 Å². The number of aliphatic hydroxyl groups is 1. The highest BCUT2D eigenvalue weighted by Gasteiger charge is 2.38. The number of aliphatic hydroxyl groups excluding tert-OH is 1. The highest BCUT2D eigenvalue weighted by molar-refractivity contribution is 6.47. The molecular weight excluding hydrogens is 344 g/mol. The van der Waals surface area contributed by atoms with Gasteiger partial charge >= 0.3 is 7.12 Å². The van der Waals surface area contributed by atoms with Gasteiger partial charge in [0.15, 0.2) is 6.29 Å². The fourth-order valence-electron chi connectivity index (χ4n) is 2.41. The van der Waals surface area contributed by atoms with Crippen molar-refractivity contribution in [3.05, 3.63) is 27.2 Å². The molecule has 0 radical (unpaired) electrons. The molecular formula is C14H18BCl2NO5. The minimum absolute atomic E-state index is 0.106. The van der Waals surface area contributed by atoms with Crippen LogP contribution in [0.25, 0.3) is 0 Å². The molecule has 1 heterocycles. The van der Waals surface area contributed by atoms with Crippen LogP contribution in [0, 0.1) is 0 Å². The molecule has 126 valence electrons. The summed E-state index contributed by atoms with van der Waals surface area (Å²) in [7, 11) is -1.26. The molecule has 1 amide bonds. The molecule has 0 aromatic heterocycles. The van der Waals surface area contributed by atoms with E-state index in [9.17, 15) is 14.9 Å². The number of rotatable bonds is 5. The van der Waals surface area contributed by atoms with E-state index in [1.54, 1.807) is 19.9 Å². The predicted molar refractivity (Wildman–Crippen MR) is 87.6 cm³/mol. The average molecular weight is 362 g/mol. The van der Waals surface area contributed by atoms with Crippen LogP contribution in [0.2, 0.25) is 10.0 Å². The molecule has 1 aromatic carbocycles. The van der Waals surface area contributed by atoms with E-state index in [1.165, 1.54) is 0 Å². The van der Waals surface area contributed by atoms with Gasteiger partial charge in [0.2, 0.25) is 5.91 Å². The molecule has 0 saturated carbocycles. The molecule has 6 nitrogen and oxygen atoms in total. The van der Waals surface area contributed by atoms with E-state index in [1.807, 2.05) is 0 Å². The first kappa shape index (κ1) is 18.4. The van der Waals surface area contributed by atoms with Crippen molar-refractivity contribution in [3.8, 4) is 5.75 Å². The van der Waals surface area contributed by atoms with Crippen LogP contribution < -0.4 is 9.97 Å². The van der Waals surface area contributed by atoms with Crippen molar-refractivity contribution in [2.45, 2.75) is 38.9 Å². The smallest absolute Gasteiger partial charge is 0.534 e. The normalized spacial score (nSPS) is 18.2. The number of fused-ring (bicyclic) bond motifs is 1. The number of hydrogen-bond acceptors (Lipinski definition) is 5. The maximum Gasteiger partial charge on any atom is 0.547 e. The van der Waals surface area contributed by atoms with Gasteiger partial charge in [-0.3, -0.25) is 4.79 Å². The molecule has 0 fully saturated rings. The number of nitrogens with one attached hydrogen (secondary N) is 1. The highest BCUT2D eigenvalue weighted by atomic mass is 35.5. The molecule has 0 saturated heterocycles. The van der Waals surface area contributed by atoms with Gasteiger partial charge in [0.1, 0.15) is 5.75 Å². The SMILES string of the molecule is CCOC(O)c1c(Cl)c(Cl)cc2c1OB(O)[C@@H](NC(=O)CC)C2. The van der Waals surface area contributed by atoms with Crippen LogP contribution in [-0.2, 0) is 16.0 Å². The summed E-state index contributed by atoms with van der Waals surface area (Å²) in [6, 6.07) is 1.60. The zero-order valence-corrected chi connectivity index (χ0v) is 14.3. The number of halogens is 2. The highest BCUT2D eigenvalue weighted by Crippen LogP contribution is 2.42. The van der Waals surface area contributed by atoms with Crippen molar-refractivity contribution < 1.29 is 24.3 Å². The molecule has 2 atom stereocenters. The van der Waals surface area contributed by atoms with E-state index >= 15 is 0 Å². The van der Waals surface area contributed by atoms with E-state index in [0.717, 1.165) is 0 Å². The van der Waals surface area contributed by atoms with Crippen LogP contribution in [0.4, 0.5) is 0 Å². The van der Waals surface area contributed by atoms with Crippen molar-refractivity contribution in [2.24, 2.45) is 0 Å². The third kappa shape index (κ3) is 3.92. The molecule has 23 heavy (non-hydrogen) atoms. The molecule has 1 aromatic rings. The summed E-state index contributed by atoms with van der Waals surface area (Å²) in [4.78, 5) is 11.5. The van der Waals surface area contributed by atoms with Crippen LogP contribution in [-0.4, -0.2) is 35.7 Å². The van der Waals surface area contributed by atoms with Gasteiger partial charge in [0.05, 0.1) is 21.5 Å². The minimum atomic E-state index is -1.33. The summed E-state index contributed by atoms with van der Waals surface area (Å²) >= 11 is 12.3. The molecule has 0 aliphatic carbocycles. The Hall–Kier alpha value is -0.985. The average Bonchev–Trinajstić information content (AvgIpc) is 2.50. The number of benzene rings is 1. The Kier molecular flexibility index (Phi) is 6.16. The molecule has 0 spiro atoms. The monoisotopic (exact) mass is 361 g/mol. The Bertz CT molecular complexity index is 601. The maximum atomic E-state index is 11.5. The first-order valence-electron chi connectivity index (χ1n) is 7.33. The lowest BCUT2D eigenvalue weighted by atomic mass is 9.72. The van der Waals surface area contributed by atoms with Crippen LogP contribution >= 0.6 is 23.2 Å². The Morgan fingerprint density at radius 2 is 2.26 bits per heavy atom. The van der Waals surface area contributed by atoms with Gasteiger partial charge in [0.25, 0.3) is 0 Å². The van der Waals surface area contributed by atoms with Crippen molar-refractivity contribution in [3.63, 3.8) is 0 Å². The Balaban J connectivity index is 2.39. The minimum Gasteiger partial charge on any atom is -0.534 e. The third-order valence-electron chi connectivity index (χ3n) is 3.55. The molecule has 9 heteroatoms. The summed E-state index contributed by atoms with van der Waals surface area (Å²) in [6.45, 7) is 3.70. The van der Waals surface area contributed by atoms with Crippen LogP contribution in [0.3, 0.4) is 0 Å². The maximum absolute atomic E-state index is 11.5. The molecule has 1 aliphatic rings. The van der Waals surface area contributed by atoms with E-state index < -0.39 is 19.3 Å². The zero-order chi connectivity index (χ0) is 17.1. The van der Waals surface area contributed by atoms with Gasteiger partial charge in [-0.05, 0) is 25.0 Å².